The number of carbonyl (C=O) groups excluding carboxylic acids is 1. The van der Waals surface area contributed by atoms with Crippen LogP contribution in [-0.2, 0) is 11.3 Å². The molecule has 4 heteroatoms. The third kappa shape index (κ3) is 2.91. The van der Waals surface area contributed by atoms with Crippen molar-refractivity contribution >= 4 is 16.9 Å². The van der Waals surface area contributed by atoms with Crippen LogP contribution in [0, 0.1) is 0 Å². The normalized spacial score (nSPS) is 10.4. The van der Waals surface area contributed by atoms with Crippen LogP contribution in [0.1, 0.15) is 16.1 Å². The molecule has 0 fully saturated rings. The number of fused-ring (bicyclic) bond motifs is 1. The minimum absolute atomic E-state index is 0.291. The maximum atomic E-state index is 11.7. The van der Waals surface area contributed by atoms with E-state index in [0.29, 0.717) is 17.9 Å². The SMILES string of the molecule is COC(=O)c1ccccc1OCc1ccc2ccccc2n1. The van der Waals surface area contributed by atoms with Gasteiger partial charge >= 0.3 is 5.97 Å². The van der Waals surface area contributed by atoms with E-state index in [9.17, 15) is 4.79 Å². The molecule has 0 amide bonds. The highest BCUT2D eigenvalue weighted by Gasteiger charge is 2.12. The number of ether oxygens (including phenoxy) is 2. The van der Waals surface area contributed by atoms with Crippen LogP contribution < -0.4 is 4.74 Å². The molecule has 0 bridgehead atoms. The van der Waals surface area contributed by atoms with Crippen molar-refractivity contribution in [2.24, 2.45) is 0 Å². The van der Waals surface area contributed by atoms with Gasteiger partial charge in [0.15, 0.2) is 0 Å². The van der Waals surface area contributed by atoms with E-state index in [2.05, 4.69) is 4.98 Å². The standard InChI is InChI=1S/C18H15NO3/c1-21-18(20)15-7-3-5-9-17(15)22-12-14-11-10-13-6-2-4-8-16(13)19-14/h2-11H,12H2,1H3. The average Bonchev–Trinajstić information content (AvgIpc) is 2.59. The zero-order chi connectivity index (χ0) is 15.4. The lowest BCUT2D eigenvalue weighted by Crippen LogP contribution is -2.06. The Balaban J connectivity index is 1.81. The van der Waals surface area contributed by atoms with Crippen molar-refractivity contribution in [3.8, 4) is 5.75 Å². The number of methoxy groups -OCH3 is 1. The van der Waals surface area contributed by atoms with Crippen LogP contribution >= 0.6 is 0 Å². The first kappa shape index (κ1) is 14.1. The number of hydrogen-bond acceptors (Lipinski definition) is 4. The second kappa shape index (κ2) is 6.26. The lowest BCUT2D eigenvalue weighted by molar-refractivity contribution is 0.0595. The van der Waals surface area contributed by atoms with Crippen LogP contribution in [-0.4, -0.2) is 18.1 Å². The van der Waals surface area contributed by atoms with Crippen LogP contribution in [0.15, 0.2) is 60.7 Å². The van der Waals surface area contributed by atoms with Crippen LogP contribution in [0.3, 0.4) is 0 Å². The topological polar surface area (TPSA) is 48.4 Å². The molecule has 110 valence electrons. The van der Waals surface area contributed by atoms with Gasteiger partial charge in [0, 0.05) is 5.39 Å². The summed E-state index contributed by atoms with van der Waals surface area (Å²) in [5, 5.41) is 1.08. The molecular weight excluding hydrogens is 278 g/mol. The van der Waals surface area contributed by atoms with Crippen LogP contribution in [0.25, 0.3) is 10.9 Å². The molecule has 2 aromatic carbocycles. The van der Waals surface area contributed by atoms with E-state index < -0.39 is 5.97 Å². The maximum absolute atomic E-state index is 11.7. The summed E-state index contributed by atoms with van der Waals surface area (Å²) in [6.07, 6.45) is 0. The molecule has 3 aromatic rings. The molecule has 0 aliphatic rings. The summed E-state index contributed by atoms with van der Waals surface area (Å²) >= 11 is 0. The monoisotopic (exact) mass is 293 g/mol. The Labute approximate surface area is 128 Å². The molecule has 1 aromatic heterocycles. The Morgan fingerprint density at radius 1 is 1.00 bits per heavy atom. The summed E-state index contributed by atoms with van der Waals surface area (Å²) < 4.78 is 10.5. The Hall–Kier alpha value is -2.88. The number of pyridine rings is 1. The molecule has 0 spiro atoms. The summed E-state index contributed by atoms with van der Waals surface area (Å²) in [4.78, 5) is 16.2. The van der Waals surface area contributed by atoms with E-state index in [4.69, 9.17) is 9.47 Å². The molecule has 0 radical (unpaired) electrons. The zero-order valence-electron chi connectivity index (χ0n) is 12.2. The van der Waals surface area contributed by atoms with E-state index in [0.717, 1.165) is 16.6 Å². The van der Waals surface area contributed by atoms with Gasteiger partial charge in [0.1, 0.15) is 17.9 Å². The number of nitrogens with zero attached hydrogens (tertiary/aromatic N) is 1. The highest BCUT2D eigenvalue weighted by atomic mass is 16.5. The molecule has 22 heavy (non-hydrogen) atoms. The van der Waals surface area contributed by atoms with E-state index >= 15 is 0 Å². The molecule has 0 unspecified atom stereocenters. The summed E-state index contributed by atoms with van der Waals surface area (Å²) in [6, 6.07) is 18.8. The quantitative estimate of drug-likeness (QED) is 0.690. The molecular formula is C18H15NO3. The van der Waals surface area contributed by atoms with Gasteiger partial charge < -0.3 is 9.47 Å². The number of para-hydroxylation sites is 2. The largest absolute Gasteiger partial charge is 0.486 e. The van der Waals surface area contributed by atoms with Crippen molar-refractivity contribution in [2.45, 2.75) is 6.61 Å². The Morgan fingerprint density at radius 2 is 1.77 bits per heavy atom. The third-order valence-electron chi connectivity index (χ3n) is 3.32. The molecule has 0 aliphatic carbocycles. The van der Waals surface area contributed by atoms with Gasteiger partial charge in [-0.2, -0.15) is 0 Å². The smallest absolute Gasteiger partial charge is 0.341 e. The van der Waals surface area contributed by atoms with Gasteiger partial charge in [-0.05, 0) is 24.3 Å². The summed E-state index contributed by atoms with van der Waals surface area (Å²) in [5.41, 5.74) is 2.13. The molecule has 0 aliphatic heterocycles. The number of carbonyl (C=O) groups is 1. The molecule has 0 atom stereocenters. The first-order valence-electron chi connectivity index (χ1n) is 6.93. The van der Waals surface area contributed by atoms with Crippen molar-refractivity contribution in [1.82, 2.24) is 4.98 Å². The summed E-state index contributed by atoms with van der Waals surface area (Å²) in [7, 11) is 1.35. The Kier molecular flexibility index (Phi) is 4.01. The Bertz CT molecular complexity index is 814. The van der Waals surface area contributed by atoms with Gasteiger partial charge in [0.25, 0.3) is 0 Å². The fourth-order valence-electron chi connectivity index (χ4n) is 2.21. The van der Waals surface area contributed by atoms with Crippen LogP contribution in [0.2, 0.25) is 0 Å². The fourth-order valence-corrected chi connectivity index (χ4v) is 2.21. The van der Waals surface area contributed by atoms with E-state index in [1.807, 2.05) is 42.5 Å². The lowest BCUT2D eigenvalue weighted by Gasteiger charge is -2.10. The fraction of sp³-hybridized carbons (Fsp3) is 0.111. The van der Waals surface area contributed by atoms with E-state index in [1.165, 1.54) is 7.11 Å². The van der Waals surface area contributed by atoms with Gasteiger partial charge in [0.05, 0.1) is 18.3 Å². The van der Waals surface area contributed by atoms with Gasteiger partial charge in [-0.3, -0.25) is 0 Å². The van der Waals surface area contributed by atoms with E-state index in [-0.39, 0.29) is 0 Å². The van der Waals surface area contributed by atoms with Gasteiger partial charge in [-0.1, -0.05) is 36.4 Å². The molecule has 0 saturated carbocycles. The maximum Gasteiger partial charge on any atom is 0.341 e. The van der Waals surface area contributed by atoms with Gasteiger partial charge in [-0.25, -0.2) is 9.78 Å². The molecule has 4 nitrogen and oxygen atoms in total. The Morgan fingerprint density at radius 3 is 2.64 bits per heavy atom. The first-order chi connectivity index (χ1) is 10.8. The van der Waals surface area contributed by atoms with Gasteiger partial charge in [-0.15, -0.1) is 0 Å². The number of esters is 1. The number of rotatable bonds is 4. The lowest BCUT2D eigenvalue weighted by atomic mass is 10.2. The highest BCUT2D eigenvalue weighted by Crippen LogP contribution is 2.20. The summed E-state index contributed by atoms with van der Waals surface area (Å²) in [6.45, 7) is 0.291. The molecule has 0 saturated heterocycles. The van der Waals surface area contributed by atoms with Crippen LogP contribution in [0.5, 0.6) is 5.75 Å². The second-order valence-corrected chi connectivity index (χ2v) is 4.77. The van der Waals surface area contributed by atoms with Gasteiger partial charge in [0.2, 0.25) is 0 Å². The number of benzene rings is 2. The molecule has 3 rings (SSSR count). The van der Waals surface area contributed by atoms with Crippen molar-refractivity contribution in [2.75, 3.05) is 7.11 Å². The van der Waals surface area contributed by atoms with Crippen molar-refractivity contribution in [1.29, 1.82) is 0 Å². The van der Waals surface area contributed by atoms with Crippen LogP contribution in [0.4, 0.5) is 0 Å². The van der Waals surface area contributed by atoms with Crippen molar-refractivity contribution in [3.05, 3.63) is 71.9 Å². The van der Waals surface area contributed by atoms with Crippen molar-refractivity contribution < 1.29 is 14.3 Å². The highest BCUT2D eigenvalue weighted by molar-refractivity contribution is 5.92. The molecule has 1 heterocycles. The van der Waals surface area contributed by atoms with E-state index in [1.54, 1.807) is 18.2 Å². The predicted octanol–water partition coefficient (Wildman–Crippen LogP) is 3.60. The minimum atomic E-state index is -0.415. The zero-order valence-corrected chi connectivity index (χ0v) is 12.2. The minimum Gasteiger partial charge on any atom is -0.486 e. The number of hydrogen-bond donors (Lipinski definition) is 0. The third-order valence-corrected chi connectivity index (χ3v) is 3.32. The molecule has 0 N–H and O–H groups in total. The second-order valence-electron chi connectivity index (χ2n) is 4.77. The average molecular weight is 293 g/mol. The number of aromatic nitrogens is 1. The van der Waals surface area contributed by atoms with Crippen molar-refractivity contribution in [3.63, 3.8) is 0 Å². The first-order valence-corrected chi connectivity index (χ1v) is 6.93. The predicted molar refractivity (Wildman–Crippen MR) is 83.9 cm³/mol. The summed E-state index contributed by atoms with van der Waals surface area (Å²) in [5.74, 6) is 0.0754.